The average molecular weight is 201 g/mol. The van der Waals surface area contributed by atoms with Crippen LogP contribution in [-0.2, 0) is 6.42 Å². The van der Waals surface area contributed by atoms with Crippen LogP contribution in [0, 0.1) is 11.6 Å². The van der Waals surface area contributed by atoms with Gasteiger partial charge in [-0.05, 0) is 18.1 Å². The summed E-state index contributed by atoms with van der Waals surface area (Å²) in [6, 6.07) is 2.37. The summed E-state index contributed by atoms with van der Waals surface area (Å²) in [6.45, 7) is 0.228. The van der Waals surface area contributed by atoms with E-state index in [1.165, 1.54) is 12.1 Å². The SMILES string of the molecule is NCC(N)Cc1ccc(N)c(F)c1F. The predicted octanol–water partition coefficient (Wildman–Crippen LogP) is 0.376. The lowest BCUT2D eigenvalue weighted by Crippen LogP contribution is -2.32. The number of anilines is 1. The number of halogens is 2. The van der Waals surface area contributed by atoms with E-state index < -0.39 is 11.6 Å². The molecule has 0 saturated carbocycles. The van der Waals surface area contributed by atoms with Crippen LogP contribution < -0.4 is 17.2 Å². The van der Waals surface area contributed by atoms with Crippen LogP contribution in [0.1, 0.15) is 5.56 Å². The Morgan fingerprint density at radius 2 is 1.86 bits per heavy atom. The summed E-state index contributed by atoms with van der Waals surface area (Å²) in [6.07, 6.45) is 0.208. The molecule has 0 radical (unpaired) electrons. The van der Waals surface area contributed by atoms with Gasteiger partial charge in [-0.25, -0.2) is 8.78 Å². The molecule has 0 bridgehead atoms. The van der Waals surface area contributed by atoms with Crippen LogP contribution >= 0.6 is 0 Å². The summed E-state index contributed by atoms with van der Waals surface area (Å²) in [4.78, 5) is 0. The zero-order valence-electron chi connectivity index (χ0n) is 7.63. The van der Waals surface area contributed by atoms with Gasteiger partial charge < -0.3 is 17.2 Å². The average Bonchev–Trinajstić information content (AvgIpc) is 2.19. The van der Waals surface area contributed by atoms with Gasteiger partial charge in [0, 0.05) is 12.6 Å². The number of benzene rings is 1. The zero-order valence-corrected chi connectivity index (χ0v) is 7.63. The molecule has 1 aromatic rings. The molecule has 6 N–H and O–H groups in total. The number of nitrogen functional groups attached to an aromatic ring is 1. The van der Waals surface area contributed by atoms with Gasteiger partial charge in [-0.3, -0.25) is 0 Å². The Morgan fingerprint density at radius 3 is 2.43 bits per heavy atom. The molecule has 0 aliphatic carbocycles. The third-order valence-electron chi connectivity index (χ3n) is 1.98. The minimum Gasteiger partial charge on any atom is -0.396 e. The van der Waals surface area contributed by atoms with E-state index in [-0.39, 0.29) is 30.3 Å². The number of hydrogen-bond acceptors (Lipinski definition) is 3. The number of nitrogens with two attached hydrogens (primary N) is 3. The lowest BCUT2D eigenvalue weighted by atomic mass is 10.1. The van der Waals surface area contributed by atoms with Crippen molar-refractivity contribution in [2.75, 3.05) is 12.3 Å². The van der Waals surface area contributed by atoms with Crippen LogP contribution in [0.3, 0.4) is 0 Å². The molecule has 3 nitrogen and oxygen atoms in total. The van der Waals surface area contributed by atoms with Crippen molar-refractivity contribution in [1.29, 1.82) is 0 Å². The Hall–Kier alpha value is -1.20. The van der Waals surface area contributed by atoms with Gasteiger partial charge in [0.1, 0.15) is 0 Å². The summed E-state index contributed by atoms with van der Waals surface area (Å²) in [5.74, 6) is -1.96. The van der Waals surface area contributed by atoms with E-state index in [0.717, 1.165) is 0 Å². The van der Waals surface area contributed by atoms with Crippen LogP contribution in [0.5, 0.6) is 0 Å². The van der Waals surface area contributed by atoms with Crippen molar-refractivity contribution < 1.29 is 8.78 Å². The predicted molar refractivity (Wildman–Crippen MR) is 51.5 cm³/mol. The van der Waals surface area contributed by atoms with Crippen LogP contribution in [0.2, 0.25) is 0 Å². The standard InChI is InChI=1S/C9H13F2N3/c10-8-5(3-6(13)4-12)1-2-7(14)9(8)11/h1-2,6H,3-4,12-14H2. The van der Waals surface area contributed by atoms with E-state index in [4.69, 9.17) is 17.2 Å². The Balaban J connectivity index is 2.94. The van der Waals surface area contributed by atoms with Crippen LogP contribution in [0.25, 0.3) is 0 Å². The van der Waals surface area contributed by atoms with Crippen molar-refractivity contribution in [2.24, 2.45) is 11.5 Å². The molecule has 1 aromatic carbocycles. The third kappa shape index (κ3) is 2.18. The van der Waals surface area contributed by atoms with Gasteiger partial charge in [0.15, 0.2) is 11.6 Å². The van der Waals surface area contributed by atoms with Crippen molar-refractivity contribution in [1.82, 2.24) is 0 Å². The summed E-state index contributed by atoms with van der Waals surface area (Å²) in [5.41, 5.74) is 16.0. The zero-order chi connectivity index (χ0) is 10.7. The highest BCUT2D eigenvalue weighted by atomic mass is 19.2. The summed E-state index contributed by atoms with van der Waals surface area (Å²) in [7, 11) is 0. The first-order chi connectivity index (χ1) is 6.56. The lowest BCUT2D eigenvalue weighted by molar-refractivity contribution is 0.496. The van der Waals surface area contributed by atoms with Gasteiger partial charge in [0.25, 0.3) is 0 Å². The molecular formula is C9H13F2N3. The summed E-state index contributed by atoms with van der Waals surface area (Å²) >= 11 is 0. The first-order valence-electron chi connectivity index (χ1n) is 4.24. The number of rotatable bonds is 3. The van der Waals surface area contributed by atoms with Crippen molar-refractivity contribution in [2.45, 2.75) is 12.5 Å². The fourth-order valence-electron chi connectivity index (χ4n) is 1.13. The second kappa shape index (κ2) is 4.34. The quantitative estimate of drug-likeness (QED) is 0.618. The summed E-state index contributed by atoms with van der Waals surface area (Å²) in [5, 5.41) is 0. The molecule has 0 aliphatic heterocycles. The van der Waals surface area contributed by atoms with Crippen molar-refractivity contribution in [3.05, 3.63) is 29.3 Å². The fraction of sp³-hybridized carbons (Fsp3) is 0.333. The normalized spacial score (nSPS) is 12.9. The Bertz CT molecular complexity index is 328. The van der Waals surface area contributed by atoms with Crippen molar-refractivity contribution >= 4 is 5.69 Å². The molecule has 0 aromatic heterocycles. The van der Waals surface area contributed by atoms with Gasteiger partial charge in [-0.2, -0.15) is 0 Å². The maximum absolute atomic E-state index is 13.2. The molecule has 78 valence electrons. The topological polar surface area (TPSA) is 78.1 Å². The van der Waals surface area contributed by atoms with Gasteiger partial charge in [0.05, 0.1) is 5.69 Å². The highest BCUT2D eigenvalue weighted by Crippen LogP contribution is 2.18. The van der Waals surface area contributed by atoms with E-state index >= 15 is 0 Å². The Kier molecular flexibility index (Phi) is 3.38. The number of hydrogen-bond donors (Lipinski definition) is 3. The smallest absolute Gasteiger partial charge is 0.181 e. The van der Waals surface area contributed by atoms with E-state index in [9.17, 15) is 8.78 Å². The molecule has 1 rings (SSSR count). The Labute approximate surface area is 80.9 Å². The molecule has 0 saturated heterocycles. The minimum atomic E-state index is -1.02. The molecule has 0 heterocycles. The van der Waals surface area contributed by atoms with Gasteiger partial charge in [-0.1, -0.05) is 6.07 Å². The second-order valence-corrected chi connectivity index (χ2v) is 3.14. The largest absolute Gasteiger partial charge is 0.396 e. The molecule has 1 atom stereocenters. The van der Waals surface area contributed by atoms with Crippen LogP contribution in [0.15, 0.2) is 12.1 Å². The van der Waals surface area contributed by atoms with Gasteiger partial charge >= 0.3 is 0 Å². The molecule has 1 unspecified atom stereocenters. The Morgan fingerprint density at radius 1 is 1.21 bits per heavy atom. The van der Waals surface area contributed by atoms with Crippen LogP contribution in [0.4, 0.5) is 14.5 Å². The fourth-order valence-corrected chi connectivity index (χ4v) is 1.13. The minimum absolute atomic E-state index is 0.201. The first-order valence-corrected chi connectivity index (χ1v) is 4.24. The second-order valence-electron chi connectivity index (χ2n) is 3.14. The maximum Gasteiger partial charge on any atom is 0.181 e. The highest BCUT2D eigenvalue weighted by Gasteiger charge is 2.13. The molecule has 0 amide bonds. The molecule has 0 fully saturated rings. The van der Waals surface area contributed by atoms with E-state index in [2.05, 4.69) is 0 Å². The third-order valence-corrected chi connectivity index (χ3v) is 1.98. The maximum atomic E-state index is 13.2. The lowest BCUT2D eigenvalue weighted by Gasteiger charge is -2.10. The van der Waals surface area contributed by atoms with E-state index in [1.807, 2.05) is 0 Å². The molecule has 0 aliphatic rings. The van der Waals surface area contributed by atoms with E-state index in [0.29, 0.717) is 0 Å². The molecule has 0 spiro atoms. The molecule has 5 heteroatoms. The van der Waals surface area contributed by atoms with Crippen molar-refractivity contribution in [3.63, 3.8) is 0 Å². The van der Waals surface area contributed by atoms with Gasteiger partial charge in [-0.15, -0.1) is 0 Å². The molecule has 14 heavy (non-hydrogen) atoms. The summed E-state index contributed by atoms with van der Waals surface area (Å²) < 4.78 is 26.2. The highest BCUT2D eigenvalue weighted by molar-refractivity contribution is 5.42. The van der Waals surface area contributed by atoms with Crippen molar-refractivity contribution in [3.8, 4) is 0 Å². The monoisotopic (exact) mass is 201 g/mol. The van der Waals surface area contributed by atoms with E-state index in [1.54, 1.807) is 0 Å². The van der Waals surface area contributed by atoms with Gasteiger partial charge in [0.2, 0.25) is 0 Å². The van der Waals surface area contributed by atoms with Crippen LogP contribution in [-0.4, -0.2) is 12.6 Å². The molecular weight excluding hydrogens is 188 g/mol. The first kappa shape index (κ1) is 10.9.